The summed E-state index contributed by atoms with van der Waals surface area (Å²) in [6.07, 6.45) is 6.43. The Hall–Kier alpha value is -3.21. The highest BCUT2D eigenvalue weighted by molar-refractivity contribution is 6.14. The van der Waals surface area contributed by atoms with Crippen LogP contribution in [-0.4, -0.2) is 34.2 Å². The molecule has 5 nitrogen and oxygen atoms in total. The minimum Gasteiger partial charge on any atom is -0.497 e. The number of benzene rings is 2. The molecule has 1 aliphatic rings. The van der Waals surface area contributed by atoms with Gasteiger partial charge in [0.05, 0.1) is 28.4 Å². The number of carbonyl (C=O) groups excluding carboxylic acids is 1. The monoisotopic (exact) mass is 464 g/mol. The largest absolute Gasteiger partial charge is 0.497 e. The Kier molecular flexibility index (Phi) is 8.08. The van der Waals surface area contributed by atoms with Crippen LogP contribution in [0.2, 0.25) is 0 Å². The molecule has 0 atom stereocenters. The Labute approximate surface area is 203 Å². The zero-order valence-corrected chi connectivity index (χ0v) is 21.4. The van der Waals surface area contributed by atoms with Gasteiger partial charge in [0.1, 0.15) is 23.0 Å². The second kappa shape index (κ2) is 10.8. The highest BCUT2D eigenvalue weighted by Crippen LogP contribution is 2.44. The average Bonchev–Trinajstić information content (AvgIpc) is 2.86. The van der Waals surface area contributed by atoms with E-state index in [0.717, 1.165) is 41.5 Å². The lowest BCUT2D eigenvalue weighted by atomic mass is 9.66. The van der Waals surface area contributed by atoms with Gasteiger partial charge in [-0.15, -0.1) is 0 Å². The molecule has 0 N–H and O–H groups in total. The summed E-state index contributed by atoms with van der Waals surface area (Å²) >= 11 is 0. The third-order valence-corrected chi connectivity index (χ3v) is 7.07. The van der Waals surface area contributed by atoms with Crippen molar-refractivity contribution in [3.8, 4) is 23.0 Å². The molecular weight excluding hydrogens is 428 g/mol. The van der Waals surface area contributed by atoms with Gasteiger partial charge in [-0.2, -0.15) is 0 Å². The van der Waals surface area contributed by atoms with Crippen molar-refractivity contribution in [3.63, 3.8) is 0 Å². The quantitative estimate of drug-likeness (QED) is 0.412. The first kappa shape index (κ1) is 25.4. The summed E-state index contributed by atoms with van der Waals surface area (Å²) in [5.74, 6) is 3.19. The summed E-state index contributed by atoms with van der Waals surface area (Å²) in [6.45, 7) is 6.78. The first-order valence-corrected chi connectivity index (χ1v) is 11.7. The Bertz CT molecular complexity index is 1020. The van der Waals surface area contributed by atoms with E-state index in [0.29, 0.717) is 28.9 Å². The fourth-order valence-electron chi connectivity index (χ4n) is 4.34. The highest BCUT2D eigenvalue weighted by Gasteiger charge is 2.36. The topological polar surface area (TPSA) is 54.0 Å². The van der Waals surface area contributed by atoms with Crippen molar-refractivity contribution in [2.45, 2.75) is 40.0 Å². The molecule has 34 heavy (non-hydrogen) atoms. The van der Waals surface area contributed by atoms with Gasteiger partial charge in [0.15, 0.2) is 5.78 Å². The normalized spacial score (nSPS) is 18.8. The van der Waals surface area contributed by atoms with Gasteiger partial charge >= 0.3 is 0 Å². The minimum absolute atomic E-state index is 0.0684. The number of Topliss-reactive ketones (excluding diaryl/α,β-unsaturated/α-hetero) is 1. The summed E-state index contributed by atoms with van der Waals surface area (Å²) in [5, 5.41) is 0. The molecular formula is C29H36O5. The van der Waals surface area contributed by atoms with E-state index in [4.69, 9.17) is 18.9 Å². The predicted molar refractivity (Wildman–Crippen MR) is 137 cm³/mol. The van der Waals surface area contributed by atoms with Gasteiger partial charge in [-0.05, 0) is 60.6 Å². The number of methoxy groups -OCH3 is 4. The lowest BCUT2D eigenvalue weighted by Crippen LogP contribution is -2.30. The van der Waals surface area contributed by atoms with Crippen LogP contribution in [0.1, 0.15) is 51.2 Å². The third kappa shape index (κ3) is 5.46. The fourth-order valence-corrected chi connectivity index (χ4v) is 4.34. The molecule has 3 rings (SSSR count). The maximum atomic E-state index is 13.7. The third-order valence-electron chi connectivity index (χ3n) is 7.07. The Balaban J connectivity index is 2.09. The molecule has 0 radical (unpaired) electrons. The Morgan fingerprint density at radius 2 is 1.24 bits per heavy atom. The first-order chi connectivity index (χ1) is 16.3. The van der Waals surface area contributed by atoms with E-state index in [9.17, 15) is 4.79 Å². The van der Waals surface area contributed by atoms with Crippen molar-refractivity contribution < 1.29 is 23.7 Å². The lowest BCUT2D eigenvalue weighted by Gasteiger charge is -2.38. The van der Waals surface area contributed by atoms with Crippen molar-refractivity contribution in [1.29, 1.82) is 0 Å². The molecule has 0 aromatic heterocycles. The molecule has 1 aliphatic carbocycles. The van der Waals surface area contributed by atoms with E-state index in [1.165, 1.54) is 0 Å². The van der Waals surface area contributed by atoms with Crippen LogP contribution in [0.3, 0.4) is 0 Å². The van der Waals surface area contributed by atoms with Crippen molar-refractivity contribution in [3.05, 3.63) is 58.7 Å². The maximum absolute atomic E-state index is 13.7. The number of ketones is 1. The van der Waals surface area contributed by atoms with Crippen LogP contribution in [0, 0.1) is 11.3 Å². The summed E-state index contributed by atoms with van der Waals surface area (Å²) in [5.41, 5.74) is 3.40. The van der Waals surface area contributed by atoms with E-state index in [1.54, 1.807) is 28.4 Å². The zero-order valence-electron chi connectivity index (χ0n) is 21.4. The van der Waals surface area contributed by atoms with E-state index >= 15 is 0 Å². The summed E-state index contributed by atoms with van der Waals surface area (Å²) in [7, 11) is 6.51. The van der Waals surface area contributed by atoms with E-state index in [1.807, 2.05) is 48.6 Å². The van der Waals surface area contributed by atoms with E-state index < -0.39 is 0 Å². The number of rotatable bonds is 8. The molecule has 1 fully saturated rings. The fraction of sp³-hybridized carbons (Fsp3) is 0.414. The minimum atomic E-state index is 0.0684. The Morgan fingerprint density at radius 3 is 1.59 bits per heavy atom. The van der Waals surface area contributed by atoms with Crippen LogP contribution < -0.4 is 18.9 Å². The van der Waals surface area contributed by atoms with E-state index in [2.05, 4.69) is 20.8 Å². The van der Waals surface area contributed by atoms with Gasteiger partial charge in [-0.3, -0.25) is 4.79 Å². The van der Waals surface area contributed by atoms with Crippen molar-refractivity contribution in [2.75, 3.05) is 28.4 Å². The van der Waals surface area contributed by atoms with Gasteiger partial charge in [-0.25, -0.2) is 0 Å². The van der Waals surface area contributed by atoms with Crippen LogP contribution in [0.4, 0.5) is 0 Å². The first-order valence-electron chi connectivity index (χ1n) is 11.7. The predicted octanol–water partition coefficient (Wildman–Crippen LogP) is 6.60. The standard InChI is InChI=1S/C29H36O5/c1-8-29(2,3)23-15-21(13-19-9-11-24(31-4)17-26(19)33-6)28(30)22(16-23)14-20-10-12-25(32-5)18-27(20)34-7/h9-14,17-18,23H,8,15-16H2,1-7H3/b21-13+,22-14+. The van der Waals surface area contributed by atoms with Gasteiger partial charge in [0.25, 0.3) is 0 Å². The maximum Gasteiger partial charge on any atom is 0.185 e. The van der Waals surface area contributed by atoms with Gasteiger partial charge in [0.2, 0.25) is 0 Å². The van der Waals surface area contributed by atoms with Crippen LogP contribution in [-0.2, 0) is 4.79 Å². The molecule has 0 spiro atoms. The van der Waals surface area contributed by atoms with Crippen LogP contribution in [0.15, 0.2) is 47.5 Å². The number of ether oxygens (including phenoxy) is 4. The molecule has 0 amide bonds. The SMILES string of the molecule is CCC(C)(C)C1C/C(=C\c2ccc(OC)cc2OC)C(=O)/C(=C/c2ccc(OC)cc2OC)C1. The molecule has 0 saturated heterocycles. The molecule has 0 bridgehead atoms. The van der Waals surface area contributed by atoms with Gasteiger partial charge in [0, 0.05) is 34.4 Å². The molecule has 1 saturated carbocycles. The van der Waals surface area contributed by atoms with Gasteiger partial charge < -0.3 is 18.9 Å². The molecule has 182 valence electrons. The van der Waals surface area contributed by atoms with Crippen molar-refractivity contribution in [1.82, 2.24) is 0 Å². The van der Waals surface area contributed by atoms with Crippen molar-refractivity contribution >= 4 is 17.9 Å². The number of allylic oxidation sites excluding steroid dienone is 2. The van der Waals surface area contributed by atoms with E-state index in [-0.39, 0.29) is 11.2 Å². The summed E-state index contributed by atoms with van der Waals surface area (Å²) < 4.78 is 21.8. The second-order valence-electron chi connectivity index (χ2n) is 9.33. The summed E-state index contributed by atoms with van der Waals surface area (Å²) in [6, 6.07) is 11.3. The second-order valence-corrected chi connectivity index (χ2v) is 9.33. The van der Waals surface area contributed by atoms with Crippen LogP contribution in [0.25, 0.3) is 12.2 Å². The Morgan fingerprint density at radius 1 is 0.794 bits per heavy atom. The smallest absolute Gasteiger partial charge is 0.185 e. The van der Waals surface area contributed by atoms with Crippen LogP contribution >= 0.6 is 0 Å². The molecule has 0 heterocycles. The highest BCUT2D eigenvalue weighted by atomic mass is 16.5. The zero-order chi connectivity index (χ0) is 24.9. The molecule has 5 heteroatoms. The van der Waals surface area contributed by atoms with Crippen molar-refractivity contribution in [2.24, 2.45) is 11.3 Å². The van der Waals surface area contributed by atoms with Crippen LogP contribution in [0.5, 0.6) is 23.0 Å². The average molecular weight is 465 g/mol. The molecule has 2 aromatic rings. The molecule has 0 aliphatic heterocycles. The number of hydrogen-bond acceptors (Lipinski definition) is 5. The summed E-state index contributed by atoms with van der Waals surface area (Å²) in [4.78, 5) is 13.7. The number of hydrogen-bond donors (Lipinski definition) is 0. The molecule has 0 unspecified atom stereocenters. The number of carbonyl (C=O) groups is 1. The molecule has 2 aromatic carbocycles. The van der Waals surface area contributed by atoms with Gasteiger partial charge in [-0.1, -0.05) is 27.2 Å². The lowest BCUT2D eigenvalue weighted by molar-refractivity contribution is -0.113.